The fourth-order valence-electron chi connectivity index (χ4n) is 3.71. The number of carboxylic acids is 1. The van der Waals surface area contributed by atoms with Crippen LogP contribution in [0.25, 0.3) is 5.57 Å². The van der Waals surface area contributed by atoms with E-state index < -0.39 is 17.2 Å². The number of aliphatic carboxylic acids is 1. The van der Waals surface area contributed by atoms with Gasteiger partial charge in [-0.05, 0) is 56.0 Å². The molecule has 0 bridgehead atoms. The number of carboxylic acid groups (broad SMARTS) is 1. The average molecular weight is 470 g/mol. The number of carbonyl (C=O) groups excluding carboxylic acids is 1. The van der Waals surface area contributed by atoms with E-state index >= 15 is 0 Å². The molecule has 2 N–H and O–H groups in total. The van der Waals surface area contributed by atoms with E-state index in [1.54, 1.807) is 18.2 Å². The maximum atomic E-state index is 12.7. The molecule has 0 aromatic heterocycles. The lowest BCUT2D eigenvalue weighted by Crippen LogP contribution is -2.47. The summed E-state index contributed by atoms with van der Waals surface area (Å²) in [6.07, 6.45) is 6.73. The minimum atomic E-state index is -1.40. The molecule has 33 heavy (non-hydrogen) atoms. The first-order valence-electron chi connectivity index (χ1n) is 10.7. The number of halogens is 1. The van der Waals surface area contributed by atoms with E-state index in [2.05, 4.69) is 5.32 Å². The summed E-state index contributed by atoms with van der Waals surface area (Å²) in [5.74, 6) is -0.967. The van der Waals surface area contributed by atoms with E-state index in [4.69, 9.17) is 21.1 Å². The Balaban J connectivity index is 1.76. The molecule has 0 saturated carbocycles. The average Bonchev–Trinajstić information content (AvgIpc) is 2.79. The van der Waals surface area contributed by atoms with Crippen molar-refractivity contribution in [3.05, 3.63) is 82.9 Å². The molecule has 7 heteroatoms. The summed E-state index contributed by atoms with van der Waals surface area (Å²) in [6.45, 7) is 3.32. The molecule has 1 atom stereocenters. The van der Waals surface area contributed by atoms with Gasteiger partial charge in [-0.1, -0.05) is 60.2 Å². The van der Waals surface area contributed by atoms with Crippen LogP contribution in [0.3, 0.4) is 0 Å². The predicted octanol–water partition coefficient (Wildman–Crippen LogP) is 5.13. The van der Waals surface area contributed by atoms with Crippen molar-refractivity contribution >= 4 is 29.1 Å². The van der Waals surface area contributed by atoms with E-state index in [9.17, 15) is 14.7 Å². The molecular weight excluding hydrogens is 442 g/mol. The highest BCUT2D eigenvalue weighted by molar-refractivity contribution is 6.31. The van der Waals surface area contributed by atoms with Crippen molar-refractivity contribution in [3.8, 4) is 5.75 Å². The molecular formula is C26H28ClNO5. The van der Waals surface area contributed by atoms with Crippen LogP contribution in [-0.2, 0) is 9.53 Å². The number of hydrogen-bond acceptors (Lipinski definition) is 4. The van der Waals surface area contributed by atoms with Gasteiger partial charge in [0.25, 0.3) is 5.91 Å². The number of carbonyl (C=O) groups is 2. The second-order valence-corrected chi connectivity index (χ2v) is 8.83. The molecule has 0 spiro atoms. The monoisotopic (exact) mass is 469 g/mol. The number of nitrogens with one attached hydrogen (secondary N) is 1. The first-order chi connectivity index (χ1) is 15.7. The SMILES string of the molecule is COc1ccc(Cl)cc1C(=O)NCCC1(OC(C)(C)C(=O)O)C=CC(c2ccccc2)=CC1. The van der Waals surface area contributed by atoms with Crippen LogP contribution in [0.1, 0.15) is 42.6 Å². The Labute approximate surface area is 198 Å². The number of hydrogen-bond donors (Lipinski definition) is 2. The van der Waals surface area contributed by atoms with Crippen LogP contribution in [0.4, 0.5) is 0 Å². The molecule has 0 radical (unpaired) electrons. The van der Waals surface area contributed by atoms with Crippen LogP contribution in [0.15, 0.2) is 66.8 Å². The third-order valence-corrected chi connectivity index (χ3v) is 5.79. The van der Waals surface area contributed by atoms with Gasteiger partial charge in [-0.25, -0.2) is 4.79 Å². The van der Waals surface area contributed by atoms with Gasteiger partial charge in [0.15, 0.2) is 5.60 Å². The van der Waals surface area contributed by atoms with E-state index in [0.29, 0.717) is 29.2 Å². The molecule has 2 aromatic carbocycles. The highest BCUT2D eigenvalue weighted by atomic mass is 35.5. The van der Waals surface area contributed by atoms with Gasteiger partial charge in [0, 0.05) is 11.6 Å². The van der Waals surface area contributed by atoms with Crippen molar-refractivity contribution in [3.63, 3.8) is 0 Å². The highest BCUT2D eigenvalue weighted by Crippen LogP contribution is 2.35. The van der Waals surface area contributed by atoms with E-state index in [-0.39, 0.29) is 12.5 Å². The van der Waals surface area contributed by atoms with Crippen molar-refractivity contribution in [1.82, 2.24) is 5.32 Å². The number of ether oxygens (including phenoxy) is 2. The Kier molecular flexibility index (Phi) is 7.61. The number of methoxy groups -OCH3 is 1. The minimum Gasteiger partial charge on any atom is -0.496 e. The largest absolute Gasteiger partial charge is 0.496 e. The quantitative estimate of drug-likeness (QED) is 0.531. The minimum absolute atomic E-state index is 0.267. The number of allylic oxidation sites excluding steroid dienone is 2. The molecule has 2 aromatic rings. The molecule has 0 aliphatic heterocycles. The lowest BCUT2D eigenvalue weighted by atomic mass is 9.86. The normalized spacial score (nSPS) is 17.9. The molecule has 0 saturated heterocycles. The Bertz CT molecular complexity index is 1080. The topological polar surface area (TPSA) is 84.9 Å². The third kappa shape index (κ3) is 6.03. The van der Waals surface area contributed by atoms with Gasteiger partial charge in [-0.3, -0.25) is 4.79 Å². The molecule has 3 rings (SSSR count). The van der Waals surface area contributed by atoms with E-state index in [0.717, 1.165) is 11.1 Å². The first-order valence-corrected chi connectivity index (χ1v) is 11.0. The summed E-state index contributed by atoms with van der Waals surface area (Å²) in [7, 11) is 1.49. The Hall–Kier alpha value is -3.09. The van der Waals surface area contributed by atoms with Gasteiger partial charge in [-0.15, -0.1) is 0 Å². The number of amides is 1. The van der Waals surface area contributed by atoms with Crippen LogP contribution >= 0.6 is 11.6 Å². The Morgan fingerprint density at radius 1 is 1.18 bits per heavy atom. The lowest BCUT2D eigenvalue weighted by Gasteiger charge is -2.38. The molecule has 1 unspecified atom stereocenters. The first kappa shape index (κ1) is 24.6. The Morgan fingerprint density at radius 2 is 1.91 bits per heavy atom. The third-order valence-electron chi connectivity index (χ3n) is 5.55. The zero-order valence-electron chi connectivity index (χ0n) is 18.9. The van der Waals surface area contributed by atoms with Crippen molar-refractivity contribution in [2.45, 2.75) is 37.9 Å². The molecule has 1 aliphatic rings. The summed E-state index contributed by atoms with van der Waals surface area (Å²) in [6, 6.07) is 14.8. The molecule has 174 valence electrons. The van der Waals surface area contributed by atoms with Gasteiger partial charge >= 0.3 is 5.97 Å². The second-order valence-electron chi connectivity index (χ2n) is 8.40. The smallest absolute Gasteiger partial charge is 0.335 e. The van der Waals surface area contributed by atoms with E-state index in [1.807, 2.05) is 48.6 Å². The summed E-state index contributed by atoms with van der Waals surface area (Å²) in [4.78, 5) is 24.5. The van der Waals surface area contributed by atoms with Gasteiger partial charge in [0.05, 0.1) is 18.3 Å². The fraction of sp³-hybridized carbons (Fsp3) is 0.308. The zero-order valence-corrected chi connectivity index (χ0v) is 19.7. The molecule has 0 fully saturated rings. The van der Waals surface area contributed by atoms with Crippen molar-refractivity contribution in [1.29, 1.82) is 0 Å². The van der Waals surface area contributed by atoms with Crippen molar-refractivity contribution in [2.24, 2.45) is 0 Å². The molecule has 6 nitrogen and oxygen atoms in total. The molecule has 1 aliphatic carbocycles. The van der Waals surface area contributed by atoms with Gasteiger partial charge in [-0.2, -0.15) is 0 Å². The van der Waals surface area contributed by atoms with Gasteiger partial charge < -0.3 is 19.9 Å². The summed E-state index contributed by atoms with van der Waals surface area (Å²) in [5.41, 5.74) is 0.155. The van der Waals surface area contributed by atoms with Crippen LogP contribution in [0.5, 0.6) is 5.75 Å². The molecule has 1 amide bonds. The second kappa shape index (κ2) is 10.2. The van der Waals surface area contributed by atoms with Crippen LogP contribution in [-0.4, -0.2) is 41.8 Å². The summed E-state index contributed by atoms with van der Waals surface area (Å²) >= 11 is 6.04. The summed E-state index contributed by atoms with van der Waals surface area (Å²) in [5, 5.41) is 12.9. The maximum absolute atomic E-state index is 12.7. The van der Waals surface area contributed by atoms with Crippen LogP contribution in [0.2, 0.25) is 5.02 Å². The number of rotatable bonds is 9. The zero-order chi connectivity index (χ0) is 24.1. The van der Waals surface area contributed by atoms with Gasteiger partial charge in [0.2, 0.25) is 0 Å². The maximum Gasteiger partial charge on any atom is 0.335 e. The van der Waals surface area contributed by atoms with Crippen LogP contribution in [0, 0.1) is 0 Å². The van der Waals surface area contributed by atoms with Gasteiger partial charge in [0.1, 0.15) is 5.75 Å². The lowest BCUT2D eigenvalue weighted by molar-refractivity contribution is -0.177. The van der Waals surface area contributed by atoms with Crippen LogP contribution < -0.4 is 10.1 Å². The Morgan fingerprint density at radius 3 is 2.52 bits per heavy atom. The van der Waals surface area contributed by atoms with Crippen molar-refractivity contribution in [2.75, 3.05) is 13.7 Å². The van der Waals surface area contributed by atoms with E-state index in [1.165, 1.54) is 21.0 Å². The standard InChI is InChI=1S/C26H28ClNO5/c1-25(2,24(30)31)33-26(13-11-19(12-14-26)18-7-5-4-6-8-18)15-16-28-23(29)21-17-20(27)9-10-22(21)32-3/h4-13,17H,14-16H2,1-3H3,(H,28,29)(H,30,31). The number of benzene rings is 2. The molecule has 0 heterocycles. The van der Waals surface area contributed by atoms with Crippen molar-refractivity contribution < 1.29 is 24.2 Å². The summed E-state index contributed by atoms with van der Waals surface area (Å²) < 4.78 is 11.4. The predicted molar refractivity (Wildman–Crippen MR) is 129 cm³/mol. The highest BCUT2D eigenvalue weighted by Gasteiger charge is 2.40. The fourth-order valence-corrected chi connectivity index (χ4v) is 3.88.